The van der Waals surface area contributed by atoms with Crippen molar-refractivity contribution in [3.8, 4) is 0 Å². The van der Waals surface area contributed by atoms with Crippen LogP contribution in [0.15, 0.2) is 29.4 Å². The number of alkyl halides is 3. The molecule has 1 aromatic carbocycles. The van der Waals surface area contributed by atoms with Crippen LogP contribution in [0.1, 0.15) is 18.1 Å². The summed E-state index contributed by atoms with van der Waals surface area (Å²) in [4.78, 5) is 1.77. The Labute approximate surface area is 109 Å². The van der Waals surface area contributed by atoms with Crippen molar-refractivity contribution in [3.05, 3.63) is 35.4 Å². The van der Waals surface area contributed by atoms with Gasteiger partial charge in [-0.15, -0.1) is 0 Å². The monoisotopic (exact) mass is 275 g/mol. The highest BCUT2D eigenvalue weighted by molar-refractivity contribution is 5.81. The van der Waals surface area contributed by atoms with Gasteiger partial charge in [-0.3, -0.25) is 4.90 Å². The SMILES string of the molecule is CCN(CC(N)=NO)Cc1cccc(C(F)(F)F)c1. The third-order valence-corrected chi connectivity index (χ3v) is 2.62. The molecule has 3 N–H and O–H groups in total. The molecular weight excluding hydrogens is 259 g/mol. The molecule has 0 aliphatic rings. The first-order chi connectivity index (χ1) is 8.86. The van der Waals surface area contributed by atoms with Gasteiger partial charge in [0.1, 0.15) is 0 Å². The molecule has 0 saturated carbocycles. The van der Waals surface area contributed by atoms with Crippen molar-refractivity contribution in [2.24, 2.45) is 10.9 Å². The Bertz CT molecular complexity index is 446. The van der Waals surface area contributed by atoms with E-state index in [-0.39, 0.29) is 12.4 Å². The van der Waals surface area contributed by atoms with E-state index in [4.69, 9.17) is 10.9 Å². The summed E-state index contributed by atoms with van der Waals surface area (Å²) >= 11 is 0. The molecule has 0 aliphatic heterocycles. The van der Waals surface area contributed by atoms with Gasteiger partial charge < -0.3 is 10.9 Å². The molecule has 0 spiro atoms. The van der Waals surface area contributed by atoms with Crippen molar-refractivity contribution < 1.29 is 18.4 Å². The Kier molecular flexibility index (Phi) is 5.17. The molecule has 106 valence electrons. The second-order valence-corrected chi connectivity index (χ2v) is 4.09. The van der Waals surface area contributed by atoms with Crippen LogP contribution in [-0.2, 0) is 12.7 Å². The standard InChI is InChI=1S/C12H16F3N3O/c1-2-18(8-11(16)17-19)7-9-4-3-5-10(6-9)12(13,14)15/h3-6,19H,2,7-8H2,1H3,(H2,16,17). The van der Waals surface area contributed by atoms with Crippen molar-refractivity contribution >= 4 is 5.84 Å². The van der Waals surface area contributed by atoms with Crippen LogP contribution in [0.2, 0.25) is 0 Å². The van der Waals surface area contributed by atoms with E-state index in [2.05, 4.69) is 5.16 Å². The van der Waals surface area contributed by atoms with Crippen LogP contribution in [0.4, 0.5) is 13.2 Å². The van der Waals surface area contributed by atoms with E-state index in [1.807, 2.05) is 6.92 Å². The number of halogens is 3. The molecule has 0 bridgehead atoms. The van der Waals surface area contributed by atoms with Crippen LogP contribution >= 0.6 is 0 Å². The molecule has 0 fully saturated rings. The van der Waals surface area contributed by atoms with Gasteiger partial charge in [-0.25, -0.2) is 0 Å². The fraction of sp³-hybridized carbons (Fsp3) is 0.417. The van der Waals surface area contributed by atoms with E-state index in [0.29, 0.717) is 18.7 Å². The summed E-state index contributed by atoms with van der Waals surface area (Å²) in [7, 11) is 0. The molecule has 0 atom stereocenters. The first kappa shape index (κ1) is 15.3. The van der Waals surface area contributed by atoms with Crippen LogP contribution in [0.25, 0.3) is 0 Å². The summed E-state index contributed by atoms with van der Waals surface area (Å²) in [6.07, 6.45) is -4.35. The lowest BCUT2D eigenvalue weighted by Gasteiger charge is -2.20. The summed E-state index contributed by atoms with van der Waals surface area (Å²) < 4.78 is 37.7. The second-order valence-electron chi connectivity index (χ2n) is 4.09. The molecule has 0 amide bonds. The lowest BCUT2D eigenvalue weighted by Crippen LogP contribution is -2.33. The zero-order valence-corrected chi connectivity index (χ0v) is 10.5. The number of hydrogen-bond donors (Lipinski definition) is 2. The minimum Gasteiger partial charge on any atom is -0.409 e. The normalized spacial score (nSPS) is 13.0. The minimum absolute atomic E-state index is 0.0221. The first-order valence-electron chi connectivity index (χ1n) is 5.71. The van der Waals surface area contributed by atoms with Gasteiger partial charge in [0, 0.05) is 6.54 Å². The van der Waals surface area contributed by atoms with E-state index < -0.39 is 11.7 Å². The van der Waals surface area contributed by atoms with Crippen LogP contribution in [0.3, 0.4) is 0 Å². The van der Waals surface area contributed by atoms with Gasteiger partial charge in [-0.2, -0.15) is 13.2 Å². The summed E-state index contributed by atoms with van der Waals surface area (Å²) in [6, 6.07) is 5.12. The molecule has 0 saturated heterocycles. The van der Waals surface area contributed by atoms with E-state index in [1.165, 1.54) is 6.07 Å². The van der Waals surface area contributed by atoms with Gasteiger partial charge in [0.25, 0.3) is 0 Å². The van der Waals surface area contributed by atoms with Crippen molar-refractivity contribution in [1.29, 1.82) is 0 Å². The van der Waals surface area contributed by atoms with E-state index in [1.54, 1.807) is 11.0 Å². The topological polar surface area (TPSA) is 61.8 Å². The highest BCUT2D eigenvalue weighted by atomic mass is 19.4. The maximum absolute atomic E-state index is 12.6. The predicted molar refractivity (Wildman–Crippen MR) is 65.8 cm³/mol. The second kappa shape index (κ2) is 6.42. The fourth-order valence-corrected chi connectivity index (χ4v) is 1.64. The Morgan fingerprint density at radius 3 is 2.63 bits per heavy atom. The fourth-order valence-electron chi connectivity index (χ4n) is 1.64. The van der Waals surface area contributed by atoms with Crippen molar-refractivity contribution in [3.63, 3.8) is 0 Å². The number of hydrogen-bond acceptors (Lipinski definition) is 3. The molecule has 1 aromatic rings. The van der Waals surface area contributed by atoms with Gasteiger partial charge in [0.15, 0.2) is 5.84 Å². The van der Waals surface area contributed by atoms with E-state index in [9.17, 15) is 13.2 Å². The van der Waals surface area contributed by atoms with Crippen molar-refractivity contribution in [2.75, 3.05) is 13.1 Å². The Hall–Kier alpha value is -1.76. The first-order valence-corrected chi connectivity index (χ1v) is 5.71. The number of benzene rings is 1. The zero-order valence-electron chi connectivity index (χ0n) is 10.5. The van der Waals surface area contributed by atoms with Gasteiger partial charge in [0.2, 0.25) is 0 Å². The molecule has 1 rings (SSSR count). The highest BCUT2D eigenvalue weighted by Crippen LogP contribution is 2.29. The number of likely N-dealkylation sites (N-methyl/N-ethyl adjacent to an activating group) is 1. The average Bonchev–Trinajstić information content (AvgIpc) is 2.37. The molecule has 0 radical (unpaired) electrons. The van der Waals surface area contributed by atoms with Gasteiger partial charge >= 0.3 is 6.18 Å². The summed E-state index contributed by atoms with van der Waals surface area (Å²) in [5, 5.41) is 11.3. The molecule has 19 heavy (non-hydrogen) atoms. The Balaban J connectivity index is 2.80. The number of amidine groups is 1. The third kappa shape index (κ3) is 4.78. The summed E-state index contributed by atoms with van der Waals surface area (Å²) in [6.45, 7) is 2.92. The third-order valence-electron chi connectivity index (χ3n) is 2.62. The van der Waals surface area contributed by atoms with Gasteiger partial charge in [0.05, 0.1) is 12.1 Å². The predicted octanol–water partition coefficient (Wildman–Crippen LogP) is 2.27. The summed E-state index contributed by atoms with van der Waals surface area (Å²) in [5.41, 5.74) is 5.23. The lowest BCUT2D eigenvalue weighted by molar-refractivity contribution is -0.137. The molecule has 4 nitrogen and oxygen atoms in total. The lowest BCUT2D eigenvalue weighted by atomic mass is 10.1. The maximum Gasteiger partial charge on any atom is 0.416 e. The molecular formula is C12H16F3N3O. The largest absolute Gasteiger partial charge is 0.416 e. The molecule has 0 aliphatic carbocycles. The number of nitrogens with zero attached hydrogens (tertiary/aromatic N) is 2. The number of rotatable bonds is 5. The quantitative estimate of drug-likeness (QED) is 0.375. The smallest absolute Gasteiger partial charge is 0.409 e. The zero-order chi connectivity index (χ0) is 14.5. The molecule has 7 heteroatoms. The highest BCUT2D eigenvalue weighted by Gasteiger charge is 2.30. The van der Waals surface area contributed by atoms with Gasteiger partial charge in [-0.05, 0) is 18.2 Å². The van der Waals surface area contributed by atoms with Crippen LogP contribution in [0, 0.1) is 0 Å². The summed E-state index contributed by atoms with van der Waals surface area (Å²) in [5.74, 6) is 0.0221. The molecule has 0 unspecified atom stereocenters. The van der Waals surface area contributed by atoms with Crippen LogP contribution < -0.4 is 5.73 Å². The Morgan fingerprint density at radius 1 is 1.42 bits per heavy atom. The number of oxime groups is 1. The minimum atomic E-state index is -4.35. The maximum atomic E-state index is 12.6. The van der Waals surface area contributed by atoms with Crippen molar-refractivity contribution in [2.45, 2.75) is 19.6 Å². The van der Waals surface area contributed by atoms with Gasteiger partial charge in [-0.1, -0.05) is 30.3 Å². The molecule has 0 heterocycles. The van der Waals surface area contributed by atoms with Crippen LogP contribution in [0.5, 0.6) is 0 Å². The Morgan fingerprint density at radius 2 is 2.11 bits per heavy atom. The average molecular weight is 275 g/mol. The molecule has 0 aromatic heterocycles. The van der Waals surface area contributed by atoms with Crippen molar-refractivity contribution in [1.82, 2.24) is 4.90 Å². The van der Waals surface area contributed by atoms with E-state index >= 15 is 0 Å². The number of nitrogens with two attached hydrogens (primary N) is 1. The van der Waals surface area contributed by atoms with E-state index in [0.717, 1.165) is 12.1 Å². The van der Waals surface area contributed by atoms with Crippen LogP contribution in [-0.4, -0.2) is 29.0 Å².